The second-order valence-corrected chi connectivity index (χ2v) is 9.01. The normalized spacial score (nSPS) is 16.4. The molecule has 168 valence electrons. The molecule has 0 saturated heterocycles. The third-order valence-electron chi connectivity index (χ3n) is 5.74. The molecule has 7 heteroatoms. The molecule has 2 heterocycles. The van der Waals surface area contributed by atoms with Crippen LogP contribution in [-0.2, 0) is 11.2 Å². The Labute approximate surface area is 189 Å². The Hall–Kier alpha value is -2.54. The summed E-state index contributed by atoms with van der Waals surface area (Å²) in [5.74, 6) is 1.09. The fourth-order valence-corrected chi connectivity index (χ4v) is 4.74. The van der Waals surface area contributed by atoms with Crippen LogP contribution in [0.2, 0.25) is 0 Å². The molecule has 0 aliphatic carbocycles. The molecule has 0 fully saturated rings. The summed E-state index contributed by atoms with van der Waals surface area (Å²) in [4.78, 5) is 30.8. The first-order valence-electron chi connectivity index (χ1n) is 11.1. The minimum absolute atomic E-state index is 0.0342. The number of carbonyl (C=O) groups is 2. The molecule has 0 saturated carbocycles. The zero-order valence-electron chi connectivity index (χ0n) is 18.7. The number of fused-ring (bicyclic) bond motifs is 1. The van der Waals surface area contributed by atoms with Crippen LogP contribution in [0.5, 0.6) is 5.75 Å². The van der Waals surface area contributed by atoms with Gasteiger partial charge < -0.3 is 19.9 Å². The Morgan fingerprint density at radius 1 is 1.26 bits per heavy atom. The first-order valence-corrected chi connectivity index (χ1v) is 12.0. The van der Waals surface area contributed by atoms with E-state index >= 15 is 0 Å². The molecule has 0 unspecified atom stereocenters. The number of carbonyl (C=O) groups excluding carboxylic acids is 2. The van der Waals surface area contributed by atoms with Gasteiger partial charge in [-0.2, -0.15) is 0 Å². The minimum atomic E-state index is -0.179. The van der Waals surface area contributed by atoms with E-state index in [1.807, 2.05) is 42.2 Å². The van der Waals surface area contributed by atoms with E-state index in [4.69, 9.17) is 4.74 Å². The SMILES string of the molecule is CCNC(=O)N(CC(=O)N1CCc2sccc2[C@H]1COc1ccccc1)C[C@@H](C)CC. The number of hydrogen-bond donors (Lipinski definition) is 1. The van der Waals surface area contributed by atoms with E-state index in [1.54, 1.807) is 16.2 Å². The van der Waals surface area contributed by atoms with Crippen LogP contribution in [0.1, 0.15) is 43.7 Å². The van der Waals surface area contributed by atoms with Crippen molar-refractivity contribution < 1.29 is 14.3 Å². The van der Waals surface area contributed by atoms with Gasteiger partial charge in [0.25, 0.3) is 0 Å². The molecule has 0 bridgehead atoms. The summed E-state index contributed by atoms with van der Waals surface area (Å²) in [5, 5.41) is 4.93. The van der Waals surface area contributed by atoms with E-state index in [9.17, 15) is 9.59 Å². The van der Waals surface area contributed by atoms with Crippen molar-refractivity contribution in [2.45, 2.75) is 39.7 Å². The molecule has 2 atom stereocenters. The summed E-state index contributed by atoms with van der Waals surface area (Å²) in [7, 11) is 0. The number of benzene rings is 1. The predicted molar refractivity (Wildman–Crippen MR) is 125 cm³/mol. The van der Waals surface area contributed by atoms with Gasteiger partial charge in [-0.15, -0.1) is 11.3 Å². The average molecular weight is 444 g/mol. The number of nitrogens with one attached hydrogen (secondary N) is 1. The van der Waals surface area contributed by atoms with Crippen molar-refractivity contribution in [1.82, 2.24) is 15.1 Å². The third kappa shape index (κ3) is 6.00. The molecule has 1 aliphatic rings. The van der Waals surface area contributed by atoms with Crippen molar-refractivity contribution in [1.29, 1.82) is 0 Å². The lowest BCUT2D eigenvalue weighted by Gasteiger charge is -2.37. The van der Waals surface area contributed by atoms with Gasteiger partial charge in [0.15, 0.2) is 0 Å². The van der Waals surface area contributed by atoms with Gasteiger partial charge in [-0.25, -0.2) is 4.79 Å². The standard InChI is InChI=1S/C24H33N3O3S/c1-4-18(3)15-26(24(29)25-5-2)16-23(28)27-13-11-22-20(12-14-31-22)21(27)17-30-19-9-7-6-8-10-19/h6-10,12,14,18,21H,4-5,11,13,15-17H2,1-3H3,(H,25,29)/t18-,21+/m0/s1. The summed E-state index contributed by atoms with van der Waals surface area (Å²) < 4.78 is 6.04. The number of thiophene rings is 1. The van der Waals surface area contributed by atoms with Crippen LogP contribution < -0.4 is 10.1 Å². The highest BCUT2D eigenvalue weighted by molar-refractivity contribution is 7.10. The maximum absolute atomic E-state index is 13.4. The first kappa shape index (κ1) is 23.1. The number of rotatable bonds is 9. The lowest BCUT2D eigenvalue weighted by Crippen LogP contribution is -2.50. The monoisotopic (exact) mass is 443 g/mol. The molecule has 31 heavy (non-hydrogen) atoms. The number of para-hydroxylation sites is 1. The second-order valence-electron chi connectivity index (χ2n) is 8.01. The number of amides is 3. The van der Waals surface area contributed by atoms with Gasteiger partial charge in [0.2, 0.25) is 5.91 Å². The zero-order valence-corrected chi connectivity index (χ0v) is 19.5. The van der Waals surface area contributed by atoms with E-state index < -0.39 is 0 Å². The summed E-state index contributed by atoms with van der Waals surface area (Å²) in [6.07, 6.45) is 1.80. The van der Waals surface area contributed by atoms with Gasteiger partial charge in [-0.05, 0) is 48.4 Å². The smallest absolute Gasteiger partial charge is 0.317 e. The van der Waals surface area contributed by atoms with Crippen LogP contribution in [0, 0.1) is 5.92 Å². The Balaban J connectivity index is 1.75. The first-order chi connectivity index (χ1) is 15.0. The lowest BCUT2D eigenvalue weighted by molar-refractivity contribution is -0.135. The molecule has 1 aromatic heterocycles. The van der Waals surface area contributed by atoms with Crippen molar-refractivity contribution in [2.24, 2.45) is 5.92 Å². The van der Waals surface area contributed by atoms with Crippen LogP contribution in [0.3, 0.4) is 0 Å². The van der Waals surface area contributed by atoms with Gasteiger partial charge in [0.05, 0.1) is 6.04 Å². The van der Waals surface area contributed by atoms with E-state index in [0.29, 0.717) is 32.2 Å². The highest BCUT2D eigenvalue weighted by Gasteiger charge is 2.33. The van der Waals surface area contributed by atoms with Gasteiger partial charge in [0.1, 0.15) is 18.9 Å². The second kappa shape index (κ2) is 11.2. The molecule has 2 aromatic rings. The van der Waals surface area contributed by atoms with Crippen molar-refractivity contribution in [3.8, 4) is 5.75 Å². The number of hydrogen-bond acceptors (Lipinski definition) is 4. The third-order valence-corrected chi connectivity index (χ3v) is 6.73. The summed E-state index contributed by atoms with van der Waals surface area (Å²) >= 11 is 1.73. The highest BCUT2D eigenvalue weighted by atomic mass is 32.1. The highest BCUT2D eigenvalue weighted by Crippen LogP contribution is 2.34. The van der Waals surface area contributed by atoms with E-state index in [0.717, 1.165) is 24.2 Å². The number of urea groups is 1. The van der Waals surface area contributed by atoms with Crippen LogP contribution in [0.25, 0.3) is 0 Å². The fraction of sp³-hybridized carbons (Fsp3) is 0.500. The quantitative estimate of drug-likeness (QED) is 0.627. The van der Waals surface area contributed by atoms with Gasteiger partial charge in [-0.3, -0.25) is 4.79 Å². The van der Waals surface area contributed by atoms with Gasteiger partial charge in [-0.1, -0.05) is 38.5 Å². The largest absolute Gasteiger partial charge is 0.491 e. The molecule has 3 amide bonds. The van der Waals surface area contributed by atoms with Crippen LogP contribution >= 0.6 is 11.3 Å². The number of ether oxygens (including phenoxy) is 1. The van der Waals surface area contributed by atoms with E-state index in [2.05, 4.69) is 30.6 Å². The molecule has 1 N–H and O–H groups in total. The summed E-state index contributed by atoms with van der Waals surface area (Å²) in [5.41, 5.74) is 1.16. The van der Waals surface area contributed by atoms with E-state index in [-0.39, 0.29) is 24.5 Å². The van der Waals surface area contributed by atoms with Gasteiger partial charge >= 0.3 is 6.03 Å². The molecule has 3 rings (SSSR count). The van der Waals surface area contributed by atoms with E-state index in [1.165, 1.54) is 4.88 Å². The molecule has 0 spiro atoms. The molecule has 0 radical (unpaired) electrons. The van der Waals surface area contributed by atoms with Crippen molar-refractivity contribution >= 4 is 23.3 Å². The van der Waals surface area contributed by atoms with Crippen molar-refractivity contribution in [2.75, 3.05) is 32.8 Å². The Kier molecular flexibility index (Phi) is 8.35. The Bertz CT molecular complexity index is 855. The molecular weight excluding hydrogens is 410 g/mol. The van der Waals surface area contributed by atoms with Crippen LogP contribution in [0.4, 0.5) is 4.79 Å². The van der Waals surface area contributed by atoms with Crippen LogP contribution in [0.15, 0.2) is 41.8 Å². The minimum Gasteiger partial charge on any atom is -0.491 e. The van der Waals surface area contributed by atoms with Gasteiger partial charge in [0, 0.05) is 24.5 Å². The number of nitrogens with zero attached hydrogens (tertiary/aromatic N) is 2. The summed E-state index contributed by atoms with van der Waals surface area (Å²) in [6, 6.07) is 11.4. The predicted octanol–water partition coefficient (Wildman–Crippen LogP) is 4.33. The average Bonchev–Trinajstić information content (AvgIpc) is 3.26. The molecule has 1 aliphatic heterocycles. The lowest BCUT2D eigenvalue weighted by atomic mass is 10.00. The summed E-state index contributed by atoms with van der Waals surface area (Å²) in [6.45, 7) is 8.32. The fourth-order valence-electron chi connectivity index (χ4n) is 3.81. The Morgan fingerprint density at radius 3 is 2.74 bits per heavy atom. The van der Waals surface area contributed by atoms with Crippen molar-refractivity contribution in [3.63, 3.8) is 0 Å². The Morgan fingerprint density at radius 2 is 2.03 bits per heavy atom. The maximum Gasteiger partial charge on any atom is 0.317 e. The topological polar surface area (TPSA) is 61.9 Å². The molecule has 1 aromatic carbocycles. The van der Waals surface area contributed by atoms with Crippen LogP contribution in [-0.4, -0.2) is 54.5 Å². The van der Waals surface area contributed by atoms with Crippen molar-refractivity contribution in [3.05, 3.63) is 52.2 Å². The maximum atomic E-state index is 13.4. The molecular formula is C24H33N3O3S. The molecule has 6 nitrogen and oxygen atoms in total. The zero-order chi connectivity index (χ0) is 22.2.